The Morgan fingerprint density at radius 2 is 1.70 bits per heavy atom. The number of carbonyl (C=O) groups excluding carboxylic acids is 2. The van der Waals surface area contributed by atoms with Gasteiger partial charge in [0.25, 0.3) is 11.8 Å². The van der Waals surface area contributed by atoms with Crippen LogP contribution in [0.1, 0.15) is 17.3 Å². The first-order valence-electron chi connectivity index (χ1n) is 7.42. The number of nitrogens with two attached hydrogens (primary N) is 1. The number of ether oxygens (including phenoxy) is 1. The molecule has 0 bridgehead atoms. The molecule has 4 N–H and O–H groups in total. The Balaban J connectivity index is 2.00. The van der Waals surface area contributed by atoms with Gasteiger partial charge in [-0.05, 0) is 49.4 Å². The SMILES string of the molecule is CC(Oc1ccc(F)cc1)C(=O)NNC(=O)c1cc(S(N)(=O)=O)ccc1F. The van der Waals surface area contributed by atoms with E-state index in [4.69, 9.17) is 9.88 Å². The molecule has 1 unspecified atom stereocenters. The highest BCUT2D eigenvalue weighted by atomic mass is 32.2. The van der Waals surface area contributed by atoms with E-state index in [0.717, 1.165) is 30.3 Å². The summed E-state index contributed by atoms with van der Waals surface area (Å²) >= 11 is 0. The Labute approximate surface area is 153 Å². The molecule has 0 aliphatic heterocycles. The number of hydrogen-bond donors (Lipinski definition) is 3. The second kappa shape index (κ2) is 8.10. The summed E-state index contributed by atoms with van der Waals surface area (Å²) in [6, 6.07) is 7.31. The molecule has 0 heterocycles. The van der Waals surface area contributed by atoms with Crippen molar-refractivity contribution >= 4 is 21.8 Å². The topological polar surface area (TPSA) is 128 Å². The zero-order valence-corrected chi connectivity index (χ0v) is 14.7. The molecule has 2 aromatic rings. The van der Waals surface area contributed by atoms with Crippen LogP contribution in [0.4, 0.5) is 8.78 Å². The van der Waals surface area contributed by atoms with E-state index in [1.54, 1.807) is 0 Å². The van der Waals surface area contributed by atoms with E-state index in [1.165, 1.54) is 19.1 Å². The van der Waals surface area contributed by atoms with Crippen LogP contribution in [0.3, 0.4) is 0 Å². The summed E-state index contributed by atoms with van der Waals surface area (Å²) in [6.45, 7) is 1.37. The number of primary sulfonamides is 1. The van der Waals surface area contributed by atoms with Crippen LogP contribution in [-0.4, -0.2) is 26.3 Å². The highest BCUT2D eigenvalue weighted by molar-refractivity contribution is 7.89. The monoisotopic (exact) mass is 399 g/mol. The summed E-state index contributed by atoms with van der Waals surface area (Å²) in [7, 11) is -4.14. The first-order valence-corrected chi connectivity index (χ1v) is 8.97. The van der Waals surface area contributed by atoms with Gasteiger partial charge in [-0.3, -0.25) is 20.4 Å². The molecular formula is C16H15F2N3O5S. The van der Waals surface area contributed by atoms with Crippen LogP contribution in [0.25, 0.3) is 0 Å². The fourth-order valence-electron chi connectivity index (χ4n) is 1.91. The molecule has 0 fully saturated rings. The molecule has 2 aromatic carbocycles. The van der Waals surface area contributed by atoms with Gasteiger partial charge in [-0.1, -0.05) is 0 Å². The van der Waals surface area contributed by atoms with Crippen molar-refractivity contribution in [3.05, 3.63) is 59.7 Å². The van der Waals surface area contributed by atoms with Crippen molar-refractivity contribution in [3.63, 3.8) is 0 Å². The smallest absolute Gasteiger partial charge is 0.279 e. The van der Waals surface area contributed by atoms with Gasteiger partial charge in [0.15, 0.2) is 6.10 Å². The molecule has 0 spiro atoms. The fraction of sp³-hybridized carbons (Fsp3) is 0.125. The normalized spacial score (nSPS) is 12.1. The maximum Gasteiger partial charge on any atom is 0.279 e. The van der Waals surface area contributed by atoms with Crippen LogP contribution in [0.5, 0.6) is 5.75 Å². The first kappa shape index (κ1) is 20.3. The van der Waals surface area contributed by atoms with Crippen LogP contribution in [0, 0.1) is 11.6 Å². The summed E-state index contributed by atoms with van der Waals surface area (Å²) in [6.07, 6.45) is -1.07. The van der Waals surface area contributed by atoms with E-state index in [1.807, 2.05) is 10.9 Å². The maximum absolute atomic E-state index is 13.7. The Kier molecular flexibility index (Phi) is 6.08. The first-order chi connectivity index (χ1) is 12.6. The lowest BCUT2D eigenvalue weighted by Crippen LogP contribution is -2.47. The van der Waals surface area contributed by atoms with Crippen LogP contribution >= 0.6 is 0 Å². The van der Waals surface area contributed by atoms with E-state index >= 15 is 0 Å². The number of hydrazine groups is 1. The lowest BCUT2D eigenvalue weighted by Gasteiger charge is -2.15. The average Bonchev–Trinajstić information content (AvgIpc) is 2.60. The highest BCUT2D eigenvalue weighted by Gasteiger charge is 2.19. The van der Waals surface area contributed by atoms with Crippen LogP contribution < -0.4 is 20.7 Å². The van der Waals surface area contributed by atoms with E-state index in [9.17, 15) is 26.8 Å². The summed E-state index contributed by atoms with van der Waals surface area (Å²) in [4.78, 5) is 23.4. The van der Waals surface area contributed by atoms with Gasteiger partial charge in [-0.15, -0.1) is 0 Å². The number of amides is 2. The van der Waals surface area contributed by atoms with Gasteiger partial charge in [0, 0.05) is 0 Å². The molecular weight excluding hydrogens is 384 g/mol. The number of benzene rings is 2. The molecule has 1 atom stereocenters. The Morgan fingerprint density at radius 1 is 1.07 bits per heavy atom. The number of rotatable bonds is 5. The third kappa shape index (κ3) is 5.46. The minimum Gasteiger partial charge on any atom is -0.481 e. The van der Waals surface area contributed by atoms with Gasteiger partial charge in [0.1, 0.15) is 17.4 Å². The maximum atomic E-state index is 13.7. The van der Waals surface area contributed by atoms with Crippen LogP contribution in [-0.2, 0) is 14.8 Å². The van der Waals surface area contributed by atoms with Crippen LogP contribution in [0.15, 0.2) is 47.4 Å². The molecule has 27 heavy (non-hydrogen) atoms. The van der Waals surface area contributed by atoms with Gasteiger partial charge in [0.2, 0.25) is 10.0 Å². The van der Waals surface area contributed by atoms with Crippen molar-refractivity contribution in [1.82, 2.24) is 10.9 Å². The number of halogens is 2. The molecule has 0 radical (unpaired) electrons. The molecule has 8 nitrogen and oxygen atoms in total. The van der Waals surface area contributed by atoms with Crippen molar-refractivity contribution in [2.45, 2.75) is 17.9 Å². The summed E-state index contributed by atoms with van der Waals surface area (Å²) in [5.41, 5.74) is 3.32. The molecule has 2 amide bonds. The molecule has 11 heteroatoms. The number of carbonyl (C=O) groups is 2. The quantitative estimate of drug-likeness (QED) is 0.642. The zero-order chi connectivity index (χ0) is 20.2. The van der Waals surface area contributed by atoms with Gasteiger partial charge in [-0.2, -0.15) is 0 Å². The van der Waals surface area contributed by atoms with Gasteiger partial charge in [-0.25, -0.2) is 22.3 Å². The lowest BCUT2D eigenvalue weighted by atomic mass is 10.2. The molecule has 2 rings (SSSR count). The lowest BCUT2D eigenvalue weighted by molar-refractivity contribution is -0.128. The fourth-order valence-corrected chi connectivity index (χ4v) is 2.45. The summed E-state index contributed by atoms with van der Waals surface area (Å²) < 4.78 is 54.4. The van der Waals surface area contributed by atoms with E-state index < -0.39 is 50.0 Å². The summed E-state index contributed by atoms with van der Waals surface area (Å²) in [5.74, 6) is -3.14. The van der Waals surface area contributed by atoms with Crippen molar-refractivity contribution in [3.8, 4) is 5.75 Å². The standard InChI is InChI=1S/C16H15F2N3O5S/c1-9(26-11-4-2-10(17)3-5-11)15(22)20-21-16(23)13-8-12(27(19,24)25)6-7-14(13)18/h2-9H,1H3,(H,20,22)(H,21,23)(H2,19,24,25). The average molecular weight is 399 g/mol. The number of sulfonamides is 1. The number of nitrogens with one attached hydrogen (secondary N) is 2. The van der Waals surface area contributed by atoms with Crippen molar-refractivity contribution in [1.29, 1.82) is 0 Å². The van der Waals surface area contributed by atoms with Crippen molar-refractivity contribution in [2.24, 2.45) is 5.14 Å². The largest absolute Gasteiger partial charge is 0.481 e. The minimum atomic E-state index is -4.14. The molecule has 0 aliphatic rings. The Hall–Kier alpha value is -3.05. The zero-order valence-electron chi connectivity index (χ0n) is 13.9. The van der Waals surface area contributed by atoms with E-state index in [0.29, 0.717) is 0 Å². The molecule has 0 saturated heterocycles. The van der Waals surface area contributed by atoms with E-state index in [-0.39, 0.29) is 5.75 Å². The van der Waals surface area contributed by atoms with Crippen LogP contribution in [0.2, 0.25) is 0 Å². The predicted octanol–water partition coefficient (Wildman–Crippen LogP) is 0.841. The second-order valence-electron chi connectivity index (χ2n) is 5.34. The second-order valence-corrected chi connectivity index (χ2v) is 6.91. The molecule has 144 valence electrons. The minimum absolute atomic E-state index is 0.220. The van der Waals surface area contributed by atoms with E-state index in [2.05, 4.69) is 0 Å². The van der Waals surface area contributed by atoms with Crippen molar-refractivity contribution < 1.29 is 31.5 Å². The van der Waals surface area contributed by atoms with Gasteiger partial charge in [0.05, 0.1) is 10.5 Å². The third-order valence-corrected chi connectivity index (χ3v) is 4.22. The van der Waals surface area contributed by atoms with Crippen molar-refractivity contribution in [2.75, 3.05) is 0 Å². The third-order valence-electron chi connectivity index (χ3n) is 3.31. The molecule has 0 aliphatic carbocycles. The molecule has 0 aromatic heterocycles. The Morgan fingerprint density at radius 3 is 2.30 bits per heavy atom. The predicted molar refractivity (Wildman–Crippen MR) is 89.9 cm³/mol. The van der Waals surface area contributed by atoms with Gasteiger partial charge < -0.3 is 4.74 Å². The van der Waals surface area contributed by atoms with Gasteiger partial charge >= 0.3 is 0 Å². The number of hydrogen-bond acceptors (Lipinski definition) is 5. The Bertz CT molecular complexity index is 965. The summed E-state index contributed by atoms with van der Waals surface area (Å²) in [5, 5.41) is 4.93. The highest BCUT2D eigenvalue weighted by Crippen LogP contribution is 2.14. The molecule has 0 saturated carbocycles.